The first-order valence-electron chi connectivity index (χ1n) is 6.44. The molecule has 0 spiro atoms. The van der Waals surface area contributed by atoms with Crippen molar-refractivity contribution >= 4 is 16.6 Å². The van der Waals surface area contributed by atoms with Crippen molar-refractivity contribution in [2.45, 2.75) is 13.5 Å². The molecule has 0 atom stereocenters. The monoisotopic (exact) mass is 270 g/mol. The van der Waals surface area contributed by atoms with Crippen LogP contribution in [0.5, 0.6) is 0 Å². The van der Waals surface area contributed by atoms with Gasteiger partial charge in [0.2, 0.25) is 0 Å². The molecule has 3 nitrogen and oxygen atoms in total. The topological polar surface area (TPSA) is 29.3 Å². The Labute approximate surface area is 116 Å². The first-order valence-corrected chi connectivity index (χ1v) is 6.44. The second-order valence-corrected chi connectivity index (χ2v) is 4.86. The van der Waals surface area contributed by atoms with Gasteiger partial charge in [0.25, 0.3) is 0 Å². The summed E-state index contributed by atoms with van der Waals surface area (Å²) in [5, 5.41) is 0.930. The van der Waals surface area contributed by atoms with E-state index in [1.807, 2.05) is 32.2 Å². The van der Waals surface area contributed by atoms with Crippen molar-refractivity contribution in [2.24, 2.45) is 0 Å². The van der Waals surface area contributed by atoms with Crippen molar-refractivity contribution in [3.63, 3.8) is 0 Å². The van der Waals surface area contributed by atoms with Gasteiger partial charge in [-0.25, -0.2) is 4.39 Å². The zero-order chi connectivity index (χ0) is 14.1. The predicted octanol–water partition coefficient (Wildman–Crippen LogP) is 3.91. The van der Waals surface area contributed by atoms with Gasteiger partial charge in [0.15, 0.2) is 0 Å². The number of nitrogens with zero attached hydrogens (tertiary/aromatic N) is 2. The molecule has 0 aliphatic rings. The molecule has 20 heavy (non-hydrogen) atoms. The number of hydrogen-bond acceptors (Lipinski definition) is 3. The predicted molar refractivity (Wildman–Crippen MR) is 77.3 cm³/mol. The van der Waals surface area contributed by atoms with Gasteiger partial charge in [-0.2, -0.15) is 0 Å². The standard InChI is InChI=1S/C16H15FN2O/c1-11-3-5-13(20-11)10-19(2)16-7-8-18-15-9-12(17)4-6-14(15)16/h3-9H,10H2,1-2H3. The van der Waals surface area contributed by atoms with Crippen LogP contribution in [0.25, 0.3) is 10.9 Å². The van der Waals surface area contributed by atoms with E-state index >= 15 is 0 Å². The molecule has 2 aromatic heterocycles. The summed E-state index contributed by atoms with van der Waals surface area (Å²) >= 11 is 0. The fourth-order valence-corrected chi connectivity index (χ4v) is 2.33. The van der Waals surface area contributed by atoms with Crippen molar-refractivity contribution in [1.29, 1.82) is 0 Å². The van der Waals surface area contributed by atoms with Gasteiger partial charge in [0.1, 0.15) is 17.3 Å². The van der Waals surface area contributed by atoms with Gasteiger partial charge >= 0.3 is 0 Å². The molecule has 3 aromatic rings. The lowest BCUT2D eigenvalue weighted by molar-refractivity contribution is 0.482. The van der Waals surface area contributed by atoms with Crippen LogP contribution in [0, 0.1) is 12.7 Å². The molecule has 1 aromatic carbocycles. The molecule has 3 rings (SSSR count). The van der Waals surface area contributed by atoms with Gasteiger partial charge in [-0.05, 0) is 37.3 Å². The maximum Gasteiger partial charge on any atom is 0.125 e. The molecule has 0 amide bonds. The number of anilines is 1. The lowest BCUT2D eigenvalue weighted by Crippen LogP contribution is -2.16. The molecule has 0 unspecified atom stereocenters. The largest absolute Gasteiger partial charge is 0.464 e. The Balaban J connectivity index is 1.96. The molecular formula is C16H15FN2O. The van der Waals surface area contributed by atoms with Crippen molar-refractivity contribution < 1.29 is 8.81 Å². The lowest BCUT2D eigenvalue weighted by Gasteiger charge is -2.19. The molecule has 0 bridgehead atoms. The smallest absolute Gasteiger partial charge is 0.125 e. The summed E-state index contributed by atoms with van der Waals surface area (Å²) in [6.07, 6.45) is 1.70. The normalized spacial score (nSPS) is 10.9. The maximum atomic E-state index is 13.3. The molecule has 4 heteroatoms. The number of aryl methyl sites for hydroxylation is 1. The van der Waals surface area contributed by atoms with Crippen LogP contribution in [0.1, 0.15) is 11.5 Å². The summed E-state index contributed by atoms with van der Waals surface area (Å²) in [7, 11) is 1.98. The van der Waals surface area contributed by atoms with E-state index in [1.54, 1.807) is 12.3 Å². The van der Waals surface area contributed by atoms with Gasteiger partial charge in [-0.15, -0.1) is 0 Å². The van der Waals surface area contributed by atoms with Gasteiger partial charge in [0, 0.05) is 30.4 Å². The first kappa shape index (κ1) is 12.7. The highest BCUT2D eigenvalue weighted by atomic mass is 19.1. The zero-order valence-corrected chi connectivity index (χ0v) is 11.4. The van der Waals surface area contributed by atoms with E-state index in [9.17, 15) is 4.39 Å². The number of aromatic nitrogens is 1. The Hall–Kier alpha value is -2.36. The fraction of sp³-hybridized carbons (Fsp3) is 0.188. The SMILES string of the molecule is Cc1ccc(CN(C)c2ccnc3cc(F)ccc23)o1. The Morgan fingerprint density at radius 1 is 1.20 bits per heavy atom. The number of halogens is 1. The van der Waals surface area contributed by atoms with Gasteiger partial charge < -0.3 is 9.32 Å². The summed E-state index contributed by atoms with van der Waals surface area (Å²) < 4.78 is 18.8. The average Bonchev–Trinajstić information content (AvgIpc) is 2.83. The summed E-state index contributed by atoms with van der Waals surface area (Å²) in [4.78, 5) is 6.28. The molecule has 0 radical (unpaired) electrons. The van der Waals surface area contributed by atoms with E-state index in [0.29, 0.717) is 12.1 Å². The van der Waals surface area contributed by atoms with E-state index in [0.717, 1.165) is 22.6 Å². The van der Waals surface area contributed by atoms with Crippen molar-refractivity contribution in [3.8, 4) is 0 Å². The maximum absolute atomic E-state index is 13.3. The van der Waals surface area contributed by atoms with E-state index in [2.05, 4.69) is 9.88 Å². The van der Waals surface area contributed by atoms with Crippen LogP contribution < -0.4 is 4.90 Å². The highest BCUT2D eigenvalue weighted by molar-refractivity contribution is 5.91. The van der Waals surface area contributed by atoms with Gasteiger partial charge in [-0.1, -0.05) is 0 Å². The minimum atomic E-state index is -0.272. The number of rotatable bonds is 3. The van der Waals surface area contributed by atoms with Crippen LogP contribution in [0.4, 0.5) is 10.1 Å². The van der Waals surface area contributed by atoms with Gasteiger partial charge in [-0.3, -0.25) is 4.98 Å². The Kier molecular flexibility index (Phi) is 3.14. The van der Waals surface area contributed by atoms with E-state index in [1.165, 1.54) is 12.1 Å². The van der Waals surface area contributed by atoms with Crippen molar-refractivity contribution in [2.75, 3.05) is 11.9 Å². The number of furan rings is 1. The number of benzene rings is 1. The minimum Gasteiger partial charge on any atom is -0.464 e. The molecule has 0 saturated heterocycles. The molecule has 0 fully saturated rings. The Morgan fingerprint density at radius 2 is 2.05 bits per heavy atom. The summed E-state index contributed by atoms with van der Waals surface area (Å²) in [6.45, 7) is 2.58. The van der Waals surface area contributed by atoms with E-state index in [4.69, 9.17) is 4.42 Å². The lowest BCUT2D eigenvalue weighted by atomic mass is 10.1. The summed E-state index contributed by atoms with van der Waals surface area (Å²) in [5.41, 5.74) is 1.66. The number of fused-ring (bicyclic) bond motifs is 1. The molecule has 0 aliphatic heterocycles. The number of pyridine rings is 1. The zero-order valence-electron chi connectivity index (χ0n) is 11.4. The molecule has 0 N–H and O–H groups in total. The van der Waals surface area contributed by atoms with Crippen molar-refractivity contribution in [3.05, 3.63) is 59.9 Å². The summed E-state index contributed by atoms with van der Waals surface area (Å²) in [6, 6.07) is 10.5. The number of hydrogen-bond donors (Lipinski definition) is 0. The van der Waals surface area contributed by atoms with Crippen LogP contribution >= 0.6 is 0 Å². The van der Waals surface area contributed by atoms with Crippen LogP contribution in [0.15, 0.2) is 47.0 Å². The molecule has 0 saturated carbocycles. The second-order valence-electron chi connectivity index (χ2n) is 4.86. The van der Waals surface area contributed by atoms with E-state index < -0.39 is 0 Å². The Bertz CT molecular complexity index is 751. The second kappa shape index (κ2) is 4.96. The van der Waals surface area contributed by atoms with Gasteiger partial charge in [0.05, 0.1) is 12.1 Å². The van der Waals surface area contributed by atoms with Crippen LogP contribution in [0.2, 0.25) is 0 Å². The van der Waals surface area contributed by atoms with Crippen LogP contribution in [-0.4, -0.2) is 12.0 Å². The van der Waals surface area contributed by atoms with Crippen LogP contribution in [0.3, 0.4) is 0 Å². The third-order valence-electron chi connectivity index (χ3n) is 3.28. The highest BCUT2D eigenvalue weighted by Crippen LogP contribution is 2.26. The third kappa shape index (κ3) is 2.37. The van der Waals surface area contributed by atoms with E-state index in [-0.39, 0.29) is 5.82 Å². The fourth-order valence-electron chi connectivity index (χ4n) is 2.33. The third-order valence-corrected chi connectivity index (χ3v) is 3.28. The molecular weight excluding hydrogens is 255 g/mol. The Morgan fingerprint density at radius 3 is 2.80 bits per heavy atom. The molecule has 2 heterocycles. The van der Waals surface area contributed by atoms with Crippen LogP contribution in [-0.2, 0) is 6.54 Å². The highest BCUT2D eigenvalue weighted by Gasteiger charge is 2.09. The quantitative estimate of drug-likeness (QED) is 0.722. The molecule has 0 aliphatic carbocycles. The summed E-state index contributed by atoms with van der Waals surface area (Å²) in [5.74, 6) is 1.53. The minimum absolute atomic E-state index is 0.272. The van der Waals surface area contributed by atoms with Crippen molar-refractivity contribution in [1.82, 2.24) is 4.98 Å². The average molecular weight is 270 g/mol. The molecule has 102 valence electrons. The first-order chi connectivity index (χ1) is 9.63.